The standard InChI is InChI=1S/C16H23N3O3S/c20-16(18-14-4-5-14)12-17-13-6-8-15(9-7-13)23(21,22)19-10-2-1-3-11-19/h6-9,14,17H,1-5,10-12H2,(H,18,20). The quantitative estimate of drug-likeness (QED) is 0.825. The molecule has 0 atom stereocenters. The Balaban J connectivity index is 1.58. The van der Waals surface area contributed by atoms with Gasteiger partial charge in [0, 0.05) is 24.8 Å². The number of anilines is 1. The fraction of sp³-hybridized carbons (Fsp3) is 0.562. The van der Waals surface area contributed by atoms with Crippen LogP contribution in [0.25, 0.3) is 0 Å². The van der Waals surface area contributed by atoms with Crippen LogP contribution in [-0.4, -0.2) is 44.3 Å². The number of carbonyl (C=O) groups excluding carboxylic acids is 1. The van der Waals surface area contributed by atoms with Gasteiger partial charge < -0.3 is 10.6 Å². The molecular formula is C16H23N3O3S. The second-order valence-corrected chi connectivity index (χ2v) is 8.12. The van der Waals surface area contributed by atoms with Crippen LogP contribution in [0, 0.1) is 0 Å². The predicted molar refractivity (Wildman–Crippen MR) is 88.7 cm³/mol. The summed E-state index contributed by atoms with van der Waals surface area (Å²) >= 11 is 0. The second-order valence-electron chi connectivity index (χ2n) is 6.18. The Morgan fingerprint density at radius 3 is 2.35 bits per heavy atom. The summed E-state index contributed by atoms with van der Waals surface area (Å²) in [6.07, 6.45) is 5.07. The number of rotatable bonds is 6. The van der Waals surface area contributed by atoms with Crippen LogP contribution in [0.2, 0.25) is 0 Å². The molecule has 1 aromatic rings. The summed E-state index contributed by atoms with van der Waals surface area (Å²) < 4.78 is 26.6. The zero-order valence-corrected chi connectivity index (χ0v) is 13.9. The number of hydrogen-bond donors (Lipinski definition) is 2. The van der Waals surface area contributed by atoms with E-state index in [1.54, 1.807) is 28.6 Å². The van der Waals surface area contributed by atoms with Crippen LogP contribution in [-0.2, 0) is 14.8 Å². The number of carbonyl (C=O) groups is 1. The van der Waals surface area contributed by atoms with Crippen LogP contribution >= 0.6 is 0 Å². The van der Waals surface area contributed by atoms with Crippen molar-refractivity contribution in [1.82, 2.24) is 9.62 Å². The maximum atomic E-state index is 12.5. The molecule has 7 heteroatoms. The Morgan fingerprint density at radius 2 is 1.74 bits per heavy atom. The van der Waals surface area contributed by atoms with E-state index in [1.165, 1.54) is 0 Å². The molecule has 1 heterocycles. The molecule has 1 aromatic carbocycles. The van der Waals surface area contributed by atoms with Crippen LogP contribution < -0.4 is 10.6 Å². The van der Waals surface area contributed by atoms with E-state index in [0.717, 1.165) is 37.8 Å². The number of benzene rings is 1. The molecule has 1 amide bonds. The molecule has 1 aliphatic carbocycles. The smallest absolute Gasteiger partial charge is 0.243 e. The summed E-state index contributed by atoms with van der Waals surface area (Å²) in [6.45, 7) is 1.40. The largest absolute Gasteiger partial charge is 0.376 e. The van der Waals surface area contributed by atoms with E-state index >= 15 is 0 Å². The molecule has 1 saturated heterocycles. The maximum Gasteiger partial charge on any atom is 0.243 e. The van der Waals surface area contributed by atoms with E-state index in [9.17, 15) is 13.2 Å². The average Bonchev–Trinajstić information content (AvgIpc) is 3.38. The topological polar surface area (TPSA) is 78.5 Å². The monoisotopic (exact) mass is 337 g/mol. The van der Waals surface area contributed by atoms with Gasteiger partial charge in [-0.05, 0) is 49.9 Å². The lowest BCUT2D eigenvalue weighted by atomic mass is 10.2. The minimum Gasteiger partial charge on any atom is -0.376 e. The number of nitrogens with one attached hydrogen (secondary N) is 2. The van der Waals surface area contributed by atoms with E-state index < -0.39 is 10.0 Å². The van der Waals surface area contributed by atoms with Gasteiger partial charge in [0.15, 0.2) is 0 Å². The van der Waals surface area contributed by atoms with Crippen molar-refractivity contribution in [3.8, 4) is 0 Å². The van der Waals surface area contributed by atoms with Gasteiger partial charge in [0.1, 0.15) is 0 Å². The number of nitrogens with zero attached hydrogens (tertiary/aromatic N) is 1. The molecular weight excluding hydrogens is 314 g/mol. The summed E-state index contributed by atoms with van der Waals surface area (Å²) in [5.74, 6) is -0.0301. The van der Waals surface area contributed by atoms with Crippen LogP contribution in [0.15, 0.2) is 29.2 Å². The van der Waals surface area contributed by atoms with Gasteiger partial charge in [-0.2, -0.15) is 4.31 Å². The van der Waals surface area contributed by atoms with E-state index in [0.29, 0.717) is 24.0 Å². The first-order valence-corrected chi connectivity index (χ1v) is 9.63. The normalized spacial score (nSPS) is 19.3. The third-order valence-corrected chi connectivity index (χ3v) is 6.12. The zero-order valence-electron chi connectivity index (χ0n) is 13.1. The fourth-order valence-electron chi connectivity index (χ4n) is 2.69. The van der Waals surface area contributed by atoms with Gasteiger partial charge in [0.25, 0.3) is 0 Å². The van der Waals surface area contributed by atoms with Crippen molar-refractivity contribution < 1.29 is 13.2 Å². The molecule has 0 bridgehead atoms. The first kappa shape index (κ1) is 16.3. The van der Waals surface area contributed by atoms with Crippen molar-refractivity contribution in [1.29, 1.82) is 0 Å². The van der Waals surface area contributed by atoms with Gasteiger partial charge in [0.05, 0.1) is 11.4 Å². The third kappa shape index (κ3) is 4.23. The van der Waals surface area contributed by atoms with Crippen LogP contribution in [0.1, 0.15) is 32.1 Å². The van der Waals surface area contributed by atoms with Gasteiger partial charge >= 0.3 is 0 Å². The van der Waals surface area contributed by atoms with Gasteiger partial charge in [-0.15, -0.1) is 0 Å². The summed E-state index contributed by atoms with van der Waals surface area (Å²) in [5.41, 5.74) is 0.744. The highest BCUT2D eigenvalue weighted by atomic mass is 32.2. The highest BCUT2D eigenvalue weighted by Crippen LogP contribution is 2.22. The molecule has 2 aliphatic rings. The van der Waals surface area contributed by atoms with Crippen LogP contribution in [0.5, 0.6) is 0 Å². The average molecular weight is 337 g/mol. The van der Waals surface area contributed by atoms with E-state index in [2.05, 4.69) is 10.6 Å². The molecule has 126 valence electrons. The lowest BCUT2D eigenvalue weighted by Crippen LogP contribution is -2.35. The first-order chi connectivity index (χ1) is 11.1. The predicted octanol–water partition coefficient (Wildman–Crippen LogP) is 1.55. The van der Waals surface area contributed by atoms with Crippen molar-refractivity contribution in [2.45, 2.75) is 43.0 Å². The summed E-state index contributed by atoms with van der Waals surface area (Å²) in [5, 5.41) is 5.91. The Morgan fingerprint density at radius 1 is 1.09 bits per heavy atom. The van der Waals surface area contributed by atoms with Gasteiger partial charge in [-0.1, -0.05) is 6.42 Å². The van der Waals surface area contributed by atoms with Crippen molar-refractivity contribution in [3.63, 3.8) is 0 Å². The molecule has 2 fully saturated rings. The molecule has 0 radical (unpaired) electrons. The SMILES string of the molecule is O=C(CNc1ccc(S(=O)(=O)N2CCCCC2)cc1)NC1CC1. The zero-order chi connectivity index (χ0) is 16.3. The van der Waals surface area contributed by atoms with Gasteiger partial charge in [-0.25, -0.2) is 8.42 Å². The molecule has 0 aromatic heterocycles. The van der Waals surface area contributed by atoms with Crippen molar-refractivity contribution in [2.75, 3.05) is 25.0 Å². The molecule has 6 nitrogen and oxygen atoms in total. The Labute approximate surface area is 137 Å². The molecule has 1 saturated carbocycles. The molecule has 2 N–H and O–H groups in total. The van der Waals surface area contributed by atoms with Gasteiger partial charge in [0.2, 0.25) is 15.9 Å². The van der Waals surface area contributed by atoms with Gasteiger partial charge in [-0.3, -0.25) is 4.79 Å². The Hall–Kier alpha value is -1.60. The van der Waals surface area contributed by atoms with Crippen molar-refractivity contribution in [2.24, 2.45) is 0 Å². The van der Waals surface area contributed by atoms with Crippen molar-refractivity contribution >= 4 is 21.6 Å². The summed E-state index contributed by atoms with van der Waals surface area (Å²) in [6, 6.07) is 6.97. The highest BCUT2D eigenvalue weighted by Gasteiger charge is 2.26. The first-order valence-electron chi connectivity index (χ1n) is 8.19. The molecule has 23 heavy (non-hydrogen) atoms. The number of amides is 1. The maximum absolute atomic E-state index is 12.5. The molecule has 1 aliphatic heterocycles. The highest BCUT2D eigenvalue weighted by molar-refractivity contribution is 7.89. The van der Waals surface area contributed by atoms with E-state index in [1.807, 2.05) is 0 Å². The van der Waals surface area contributed by atoms with Crippen LogP contribution in [0.3, 0.4) is 0 Å². The lowest BCUT2D eigenvalue weighted by Gasteiger charge is -2.25. The minimum atomic E-state index is -3.39. The molecule has 0 spiro atoms. The van der Waals surface area contributed by atoms with Crippen molar-refractivity contribution in [3.05, 3.63) is 24.3 Å². The molecule has 0 unspecified atom stereocenters. The number of piperidine rings is 1. The summed E-state index contributed by atoms with van der Waals surface area (Å²) in [4.78, 5) is 11.9. The number of hydrogen-bond acceptors (Lipinski definition) is 4. The second kappa shape index (κ2) is 6.88. The van der Waals surface area contributed by atoms with E-state index in [-0.39, 0.29) is 12.5 Å². The molecule has 3 rings (SSSR count). The minimum absolute atomic E-state index is 0.0301. The fourth-order valence-corrected chi connectivity index (χ4v) is 4.20. The Kier molecular flexibility index (Phi) is 4.87. The number of sulfonamides is 1. The Bertz CT molecular complexity index is 648. The third-order valence-electron chi connectivity index (χ3n) is 4.20. The summed E-state index contributed by atoms with van der Waals surface area (Å²) in [7, 11) is -3.39. The lowest BCUT2D eigenvalue weighted by molar-refractivity contribution is -0.119. The van der Waals surface area contributed by atoms with Crippen LogP contribution in [0.4, 0.5) is 5.69 Å². The van der Waals surface area contributed by atoms with E-state index in [4.69, 9.17) is 0 Å².